The van der Waals surface area contributed by atoms with E-state index in [4.69, 9.17) is 0 Å². The van der Waals surface area contributed by atoms with Crippen LogP contribution in [-0.4, -0.2) is 53.3 Å². The van der Waals surface area contributed by atoms with Gasteiger partial charge in [-0.05, 0) is 31.4 Å². The molecule has 1 saturated heterocycles. The summed E-state index contributed by atoms with van der Waals surface area (Å²) in [4.78, 5) is 32.3. The SMILES string of the molecule is CCCCN(C)C(=O)c1cccc(C(=O)N2CCCC2)n1. The van der Waals surface area contributed by atoms with Gasteiger partial charge in [0, 0.05) is 26.7 Å². The average Bonchev–Trinajstić information content (AvgIpc) is 3.05. The molecule has 1 aliphatic rings. The Hall–Kier alpha value is -1.91. The van der Waals surface area contributed by atoms with Gasteiger partial charge < -0.3 is 9.80 Å². The van der Waals surface area contributed by atoms with Crippen molar-refractivity contribution in [2.24, 2.45) is 0 Å². The first-order valence-corrected chi connectivity index (χ1v) is 7.65. The number of carbonyl (C=O) groups excluding carboxylic acids is 2. The van der Waals surface area contributed by atoms with E-state index in [1.165, 1.54) is 0 Å². The van der Waals surface area contributed by atoms with Crippen molar-refractivity contribution in [3.8, 4) is 0 Å². The van der Waals surface area contributed by atoms with Crippen molar-refractivity contribution in [2.75, 3.05) is 26.7 Å². The number of likely N-dealkylation sites (tertiary alicyclic amines) is 1. The van der Waals surface area contributed by atoms with E-state index in [1.807, 2.05) is 0 Å². The Bertz CT molecular complexity index is 510. The largest absolute Gasteiger partial charge is 0.340 e. The van der Waals surface area contributed by atoms with E-state index in [-0.39, 0.29) is 11.8 Å². The van der Waals surface area contributed by atoms with Crippen LogP contribution in [0.4, 0.5) is 0 Å². The predicted molar refractivity (Wildman–Crippen MR) is 81.2 cm³/mol. The highest BCUT2D eigenvalue weighted by molar-refractivity contribution is 5.96. The quantitative estimate of drug-likeness (QED) is 0.835. The summed E-state index contributed by atoms with van der Waals surface area (Å²) in [6.45, 7) is 4.37. The lowest BCUT2D eigenvalue weighted by Crippen LogP contribution is -2.31. The highest BCUT2D eigenvalue weighted by Crippen LogP contribution is 2.12. The standard InChI is InChI=1S/C16H23N3O2/c1-3-4-10-18(2)15(20)13-8-7-9-14(17-13)16(21)19-11-5-6-12-19/h7-9H,3-6,10-12H2,1-2H3. The number of amides is 2. The Kier molecular flexibility index (Phi) is 5.31. The minimum atomic E-state index is -0.125. The van der Waals surface area contributed by atoms with Gasteiger partial charge >= 0.3 is 0 Å². The molecule has 2 heterocycles. The molecule has 0 aromatic carbocycles. The Morgan fingerprint density at radius 2 is 1.90 bits per heavy atom. The minimum Gasteiger partial charge on any atom is -0.340 e. The first-order valence-electron chi connectivity index (χ1n) is 7.65. The zero-order valence-corrected chi connectivity index (χ0v) is 12.8. The normalized spacial score (nSPS) is 14.3. The van der Waals surface area contributed by atoms with Gasteiger partial charge in [-0.3, -0.25) is 9.59 Å². The summed E-state index contributed by atoms with van der Waals surface area (Å²) < 4.78 is 0. The van der Waals surface area contributed by atoms with Gasteiger partial charge in [0.15, 0.2) is 0 Å². The van der Waals surface area contributed by atoms with Crippen molar-refractivity contribution >= 4 is 11.8 Å². The van der Waals surface area contributed by atoms with Gasteiger partial charge in [-0.15, -0.1) is 0 Å². The van der Waals surface area contributed by atoms with E-state index in [9.17, 15) is 9.59 Å². The summed E-state index contributed by atoms with van der Waals surface area (Å²) in [6.07, 6.45) is 4.10. The average molecular weight is 289 g/mol. The van der Waals surface area contributed by atoms with Gasteiger partial charge in [0.2, 0.25) is 0 Å². The second-order valence-corrected chi connectivity index (χ2v) is 5.49. The topological polar surface area (TPSA) is 53.5 Å². The molecule has 1 aromatic heterocycles. The Morgan fingerprint density at radius 1 is 1.24 bits per heavy atom. The molecule has 5 nitrogen and oxygen atoms in total. The van der Waals surface area contributed by atoms with Crippen LogP contribution in [-0.2, 0) is 0 Å². The summed E-state index contributed by atoms with van der Waals surface area (Å²) >= 11 is 0. The summed E-state index contributed by atoms with van der Waals surface area (Å²) in [6, 6.07) is 5.09. The third kappa shape index (κ3) is 3.80. The molecule has 1 fully saturated rings. The fourth-order valence-electron chi connectivity index (χ4n) is 2.45. The highest BCUT2D eigenvalue weighted by atomic mass is 16.2. The zero-order valence-electron chi connectivity index (χ0n) is 12.8. The van der Waals surface area contributed by atoms with Gasteiger partial charge in [-0.25, -0.2) is 4.98 Å². The molecular formula is C16H23N3O2. The first-order chi connectivity index (χ1) is 10.1. The van der Waals surface area contributed by atoms with Crippen LogP contribution in [0, 0.1) is 0 Å². The first kappa shape index (κ1) is 15.5. The van der Waals surface area contributed by atoms with Crippen LogP contribution in [0.25, 0.3) is 0 Å². The molecule has 0 radical (unpaired) electrons. The van der Waals surface area contributed by atoms with E-state index in [0.717, 1.165) is 38.8 Å². The maximum absolute atomic E-state index is 12.3. The molecule has 5 heteroatoms. The molecule has 0 unspecified atom stereocenters. The number of hydrogen-bond acceptors (Lipinski definition) is 3. The molecule has 2 amide bonds. The van der Waals surface area contributed by atoms with Crippen molar-refractivity contribution in [1.29, 1.82) is 0 Å². The van der Waals surface area contributed by atoms with Crippen molar-refractivity contribution in [2.45, 2.75) is 32.6 Å². The molecule has 1 aromatic rings. The summed E-state index contributed by atoms with van der Waals surface area (Å²) in [5.41, 5.74) is 0.713. The van der Waals surface area contributed by atoms with Crippen molar-refractivity contribution in [3.05, 3.63) is 29.6 Å². The van der Waals surface area contributed by atoms with Crippen molar-refractivity contribution < 1.29 is 9.59 Å². The fraction of sp³-hybridized carbons (Fsp3) is 0.562. The molecule has 114 valence electrons. The number of carbonyl (C=O) groups is 2. The molecule has 2 rings (SSSR count). The lowest BCUT2D eigenvalue weighted by Gasteiger charge is -2.17. The zero-order chi connectivity index (χ0) is 15.2. The maximum Gasteiger partial charge on any atom is 0.272 e. The van der Waals surface area contributed by atoms with Gasteiger partial charge in [0.05, 0.1) is 0 Å². The molecule has 0 aliphatic carbocycles. The third-order valence-electron chi connectivity index (χ3n) is 3.77. The second kappa shape index (κ2) is 7.20. The van der Waals surface area contributed by atoms with Crippen LogP contribution in [0.1, 0.15) is 53.6 Å². The van der Waals surface area contributed by atoms with Crippen LogP contribution in [0.15, 0.2) is 18.2 Å². The van der Waals surface area contributed by atoms with Gasteiger partial charge in [0.25, 0.3) is 11.8 Å². The van der Waals surface area contributed by atoms with E-state index in [2.05, 4.69) is 11.9 Å². The third-order valence-corrected chi connectivity index (χ3v) is 3.77. The van der Waals surface area contributed by atoms with E-state index in [0.29, 0.717) is 17.9 Å². The minimum absolute atomic E-state index is 0.0710. The summed E-state index contributed by atoms with van der Waals surface area (Å²) in [7, 11) is 1.77. The molecule has 1 aliphatic heterocycles. The Morgan fingerprint density at radius 3 is 2.57 bits per heavy atom. The molecule has 21 heavy (non-hydrogen) atoms. The summed E-state index contributed by atoms with van der Waals surface area (Å²) in [5, 5.41) is 0. The van der Waals surface area contributed by atoms with Gasteiger partial charge in [-0.1, -0.05) is 19.4 Å². The number of rotatable bonds is 5. The maximum atomic E-state index is 12.3. The molecule has 0 spiro atoms. The molecule has 0 N–H and O–H groups in total. The molecule has 0 atom stereocenters. The van der Waals surface area contributed by atoms with Crippen molar-refractivity contribution in [3.63, 3.8) is 0 Å². The number of unbranched alkanes of at least 4 members (excludes halogenated alkanes) is 1. The Balaban J connectivity index is 2.09. The van der Waals surface area contributed by atoms with Crippen LogP contribution in [0.5, 0.6) is 0 Å². The predicted octanol–water partition coefficient (Wildman–Crippen LogP) is 2.19. The second-order valence-electron chi connectivity index (χ2n) is 5.49. The number of pyridine rings is 1. The lowest BCUT2D eigenvalue weighted by molar-refractivity contribution is 0.0780. The fourth-order valence-corrected chi connectivity index (χ4v) is 2.45. The smallest absolute Gasteiger partial charge is 0.272 e. The van der Waals surface area contributed by atoms with Crippen LogP contribution < -0.4 is 0 Å². The molecule has 0 saturated carbocycles. The highest BCUT2D eigenvalue weighted by Gasteiger charge is 2.22. The molecular weight excluding hydrogens is 266 g/mol. The van der Waals surface area contributed by atoms with Crippen molar-refractivity contribution in [1.82, 2.24) is 14.8 Å². The van der Waals surface area contributed by atoms with E-state index >= 15 is 0 Å². The van der Waals surface area contributed by atoms with Gasteiger partial charge in [0.1, 0.15) is 11.4 Å². The summed E-state index contributed by atoms with van der Waals surface area (Å²) in [5.74, 6) is -0.196. The number of aromatic nitrogens is 1. The monoisotopic (exact) mass is 289 g/mol. The Labute approximate surface area is 126 Å². The van der Waals surface area contributed by atoms with Gasteiger partial charge in [-0.2, -0.15) is 0 Å². The van der Waals surface area contributed by atoms with E-state index < -0.39 is 0 Å². The lowest BCUT2D eigenvalue weighted by atomic mass is 10.2. The number of hydrogen-bond donors (Lipinski definition) is 0. The van der Waals surface area contributed by atoms with Crippen LogP contribution in [0.3, 0.4) is 0 Å². The van der Waals surface area contributed by atoms with E-state index in [1.54, 1.807) is 35.0 Å². The number of nitrogens with zero attached hydrogens (tertiary/aromatic N) is 3. The molecule has 0 bridgehead atoms. The van der Waals surface area contributed by atoms with Crippen LogP contribution in [0.2, 0.25) is 0 Å². The van der Waals surface area contributed by atoms with Crippen LogP contribution >= 0.6 is 0 Å².